The summed E-state index contributed by atoms with van der Waals surface area (Å²) in [4.78, 5) is 14.4. The number of aliphatic hydroxyl groups excluding tert-OH is 1. The van der Waals surface area contributed by atoms with Crippen LogP contribution in [0.15, 0.2) is 24.3 Å². The summed E-state index contributed by atoms with van der Waals surface area (Å²) in [5, 5.41) is 13.0. The largest absolute Gasteiger partial charge is 0.393 e. The highest BCUT2D eigenvalue weighted by Crippen LogP contribution is 2.26. The number of likely N-dealkylation sites (N-methyl/N-ethyl adjacent to an activating group) is 1. The maximum absolute atomic E-state index is 12.3. The smallest absolute Gasteiger partial charge is 0.237 e. The van der Waals surface area contributed by atoms with Gasteiger partial charge < -0.3 is 10.4 Å². The van der Waals surface area contributed by atoms with Crippen molar-refractivity contribution in [3.63, 3.8) is 0 Å². The molecule has 0 radical (unpaired) electrons. The molecule has 1 aromatic carbocycles. The SMILES string of the molecule is Cc1ccccc1CCNC(=O)C(C)N(C)CC1CCCC1O. The lowest BCUT2D eigenvalue weighted by atomic mass is 10.0. The number of benzene rings is 1. The molecule has 1 amide bonds. The first kappa shape index (κ1) is 18.0. The molecule has 1 saturated carbocycles. The number of rotatable bonds is 7. The summed E-state index contributed by atoms with van der Waals surface area (Å²) in [6, 6.07) is 8.11. The number of carbonyl (C=O) groups excluding carboxylic acids is 1. The zero-order chi connectivity index (χ0) is 16.8. The topological polar surface area (TPSA) is 52.6 Å². The minimum Gasteiger partial charge on any atom is -0.393 e. The second-order valence-corrected chi connectivity index (χ2v) is 6.84. The van der Waals surface area contributed by atoms with Gasteiger partial charge in [0.1, 0.15) is 0 Å². The van der Waals surface area contributed by atoms with Crippen molar-refractivity contribution in [2.24, 2.45) is 5.92 Å². The predicted octanol–water partition coefficient (Wildman–Crippen LogP) is 2.14. The van der Waals surface area contributed by atoms with Gasteiger partial charge in [0.05, 0.1) is 12.1 Å². The van der Waals surface area contributed by atoms with Crippen LogP contribution in [0.3, 0.4) is 0 Å². The van der Waals surface area contributed by atoms with Crippen LogP contribution in [-0.2, 0) is 11.2 Å². The number of carbonyl (C=O) groups is 1. The Morgan fingerprint density at radius 1 is 1.39 bits per heavy atom. The van der Waals surface area contributed by atoms with E-state index in [-0.39, 0.29) is 18.1 Å². The van der Waals surface area contributed by atoms with Crippen LogP contribution in [0.4, 0.5) is 0 Å². The Kier molecular flexibility index (Phi) is 6.60. The number of nitrogens with one attached hydrogen (secondary N) is 1. The summed E-state index contributed by atoms with van der Waals surface area (Å²) in [6.07, 6.45) is 3.71. The van der Waals surface area contributed by atoms with Crippen molar-refractivity contribution in [1.29, 1.82) is 0 Å². The Labute approximate surface area is 139 Å². The van der Waals surface area contributed by atoms with Crippen molar-refractivity contribution in [3.05, 3.63) is 35.4 Å². The molecular weight excluding hydrogens is 288 g/mol. The third-order valence-corrected chi connectivity index (χ3v) is 5.14. The molecule has 2 N–H and O–H groups in total. The minimum atomic E-state index is -0.200. The molecule has 3 unspecified atom stereocenters. The van der Waals surface area contributed by atoms with Crippen LogP contribution in [0.1, 0.15) is 37.3 Å². The minimum absolute atomic E-state index is 0.0635. The van der Waals surface area contributed by atoms with Crippen molar-refractivity contribution in [1.82, 2.24) is 10.2 Å². The van der Waals surface area contributed by atoms with E-state index in [1.165, 1.54) is 11.1 Å². The molecule has 4 nitrogen and oxygen atoms in total. The molecule has 0 aromatic heterocycles. The second kappa shape index (κ2) is 8.46. The van der Waals surface area contributed by atoms with E-state index in [4.69, 9.17) is 0 Å². The molecule has 0 saturated heterocycles. The van der Waals surface area contributed by atoms with Crippen LogP contribution >= 0.6 is 0 Å². The first-order valence-electron chi connectivity index (χ1n) is 8.69. The predicted molar refractivity (Wildman–Crippen MR) is 93.3 cm³/mol. The summed E-state index contributed by atoms with van der Waals surface area (Å²) in [5.74, 6) is 0.371. The van der Waals surface area contributed by atoms with E-state index in [1.54, 1.807) is 0 Å². The molecule has 1 fully saturated rings. The van der Waals surface area contributed by atoms with E-state index >= 15 is 0 Å². The molecule has 0 aliphatic heterocycles. The van der Waals surface area contributed by atoms with E-state index in [0.717, 1.165) is 32.2 Å². The number of aryl methyl sites for hydroxylation is 1. The zero-order valence-electron chi connectivity index (χ0n) is 14.6. The molecular formula is C19H30N2O2. The maximum Gasteiger partial charge on any atom is 0.237 e. The van der Waals surface area contributed by atoms with E-state index < -0.39 is 0 Å². The Morgan fingerprint density at radius 3 is 2.78 bits per heavy atom. The monoisotopic (exact) mass is 318 g/mol. The normalized spacial score (nSPS) is 22.3. The highest BCUT2D eigenvalue weighted by Gasteiger charge is 2.28. The molecule has 4 heteroatoms. The van der Waals surface area contributed by atoms with Gasteiger partial charge in [0.2, 0.25) is 5.91 Å². The van der Waals surface area contributed by atoms with Crippen molar-refractivity contribution in [3.8, 4) is 0 Å². The number of nitrogens with zero attached hydrogens (tertiary/aromatic N) is 1. The molecule has 0 bridgehead atoms. The van der Waals surface area contributed by atoms with Crippen molar-refractivity contribution < 1.29 is 9.90 Å². The Morgan fingerprint density at radius 2 is 2.13 bits per heavy atom. The second-order valence-electron chi connectivity index (χ2n) is 6.84. The lowest BCUT2D eigenvalue weighted by Gasteiger charge is -2.28. The maximum atomic E-state index is 12.3. The summed E-state index contributed by atoms with van der Waals surface area (Å²) in [7, 11) is 1.97. The molecule has 2 rings (SSSR count). The van der Waals surface area contributed by atoms with Crippen molar-refractivity contribution in [2.75, 3.05) is 20.1 Å². The van der Waals surface area contributed by atoms with Crippen LogP contribution in [0, 0.1) is 12.8 Å². The lowest BCUT2D eigenvalue weighted by Crippen LogP contribution is -2.46. The number of aliphatic hydroxyl groups is 1. The summed E-state index contributed by atoms with van der Waals surface area (Å²) in [5.41, 5.74) is 2.55. The molecule has 0 heterocycles. The highest BCUT2D eigenvalue weighted by atomic mass is 16.3. The Bertz CT molecular complexity index is 518. The first-order valence-corrected chi connectivity index (χ1v) is 8.69. The third kappa shape index (κ3) is 5.05. The molecule has 128 valence electrons. The van der Waals surface area contributed by atoms with Gasteiger partial charge in [-0.25, -0.2) is 0 Å². The molecule has 1 aliphatic carbocycles. The van der Waals surface area contributed by atoms with Crippen LogP contribution < -0.4 is 5.32 Å². The highest BCUT2D eigenvalue weighted by molar-refractivity contribution is 5.81. The first-order chi connectivity index (χ1) is 11.0. The number of amides is 1. The average molecular weight is 318 g/mol. The van der Waals surface area contributed by atoms with Gasteiger partial charge >= 0.3 is 0 Å². The van der Waals surface area contributed by atoms with Crippen LogP contribution in [0.25, 0.3) is 0 Å². The fourth-order valence-corrected chi connectivity index (χ4v) is 3.32. The summed E-state index contributed by atoms with van der Waals surface area (Å²) >= 11 is 0. The number of hydrogen-bond donors (Lipinski definition) is 2. The fourth-order valence-electron chi connectivity index (χ4n) is 3.32. The van der Waals surface area contributed by atoms with Gasteiger partial charge in [-0.3, -0.25) is 9.69 Å². The van der Waals surface area contributed by atoms with E-state index in [2.05, 4.69) is 29.3 Å². The molecule has 3 atom stereocenters. The fraction of sp³-hybridized carbons (Fsp3) is 0.632. The van der Waals surface area contributed by atoms with Gasteiger partial charge in [0.15, 0.2) is 0 Å². The lowest BCUT2D eigenvalue weighted by molar-refractivity contribution is -0.125. The van der Waals surface area contributed by atoms with Crippen molar-refractivity contribution >= 4 is 5.91 Å². The quantitative estimate of drug-likeness (QED) is 0.810. The van der Waals surface area contributed by atoms with Gasteiger partial charge in [-0.05, 0) is 57.2 Å². The Balaban J connectivity index is 1.75. The summed E-state index contributed by atoms with van der Waals surface area (Å²) < 4.78 is 0. The van der Waals surface area contributed by atoms with Gasteiger partial charge in [0, 0.05) is 13.1 Å². The Hall–Kier alpha value is -1.39. The van der Waals surface area contributed by atoms with E-state index in [0.29, 0.717) is 12.5 Å². The van der Waals surface area contributed by atoms with Crippen LogP contribution in [-0.4, -0.2) is 48.2 Å². The number of hydrogen-bond acceptors (Lipinski definition) is 3. The van der Waals surface area contributed by atoms with E-state index in [1.807, 2.05) is 26.1 Å². The van der Waals surface area contributed by atoms with Gasteiger partial charge in [-0.15, -0.1) is 0 Å². The molecule has 23 heavy (non-hydrogen) atoms. The van der Waals surface area contributed by atoms with E-state index in [9.17, 15) is 9.90 Å². The summed E-state index contributed by atoms with van der Waals surface area (Å²) in [6.45, 7) is 5.48. The average Bonchev–Trinajstić information content (AvgIpc) is 2.93. The third-order valence-electron chi connectivity index (χ3n) is 5.14. The molecule has 1 aliphatic rings. The van der Waals surface area contributed by atoms with Gasteiger partial charge in [0.25, 0.3) is 0 Å². The molecule has 1 aromatic rings. The van der Waals surface area contributed by atoms with Crippen LogP contribution in [0.2, 0.25) is 0 Å². The molecule has 0 spiro atoms. The zero-order valence-corrected chi connectivity index (χ0v) is 14.6. The van der Waals surface area contributed by atoms with Gasteiger partial charge in [-0.1, -0.05) is 30.7 Å². The standard InChI is InChI=1S/C19H30N2O2/c1-14-7-4-5-8-16(14)11-12-20-19(23)15(2)21(3)13-17-9-6-10-18(17)22/h4-5,7-8,15,17-18,22H,6,9-13H2,1-3H3,(H,20,23). The van der Waals surface area contributed by atoms with Crippen molar-refractivity contribution in [2.45, 2.75) is 51.7 Å². The van der Waals surface area contributed by atoms with Crippen LogP contribution in [0.5, 0.6) is 0 Å². The van der Waals surface area contributed by atoms with Gasteiger partial charge in [-0.2, -0.15) is 0 Å².